The highest BCUT2D eigenvalue weighted by Gasteiger charge is 2.39. The molecule has 0 aliphatic carbocycles. The molecular weight excluding hydrogens is 558 g/mol. The molecule has 2 radical (unpaired) electrons. The van der Waals surface area contributed by atoms with Gasteiger partial charge in [0.1, 0.15) is 26.7 Å². The van der Waals surface area contributed by atoms with Crippen molar-refractivity contribution in [1.82, 2.24) is 0 Å². The van der Waals surface area contributed by atoms with Crippen LogP contribution in [0.15, 0.2) is 0 Å². The first-order chi connectivity index (χ1) is 15.4. The standard InChI is InChI=1S/C11H22BFO17P4/c12-11-2-8(28-32(18,19)24-4-9-7(14)1-6(3-13)26-9)10(27-11)5-25-33(20,21)30-34(22,23)29-31(15,16)17/h6-11,14H,1-5H2,(H,18,19)(H,20,21)(H,22,23)(H2,15,16,17)/p-4/t6-,7+,8+,9-,10-,11-/m1/s1. The van der Waals surface area contributed by atoms with Crippen LogP contribution in [-0.2, 0) is 49.9 Å². The molecule has 0 saturated carbocycles. The van der Waals surface area contributed by atoms with E-state index in [0.717, 1.165) is 0 Å². The monoisotopic (exact) mass is 576 g/mol. The van der Waals surface area contributed by atoms with Gasteiger partial charge in [0.15, 0.2) is 0 Å². The van der Waals surface area contributed by atoms with Crippen molar-refractivity contribution in [3.63, 3.8) is 0 Å². The number of phosphoric acid groups is 4. The number of ether oxygens (including phenoxy) is 2. The van der Waals surface area contributed by atoms with Crippen LogP contribution < -0.4 is 19.6 Å². The van der Waals surface area contributed by atoms with E-state index in [1.165, 1.54) is 0 Å². The van der Waals surface area contributed by atoms with Crippen molar-refractivity contribution >= 4 is 39.1 Å². The van der Waals surface area contributed by atoms with Crippen LogP contribution in [0.4, 0.5) is 4.39 Å². The molecule has 17 nitrogen and oxygen atoms in total. The summed E-state index contributed by atoms with van der Waals surface area (Å²) in [6.07, 6.45) is -6.73. The smallest absolute Gasteiger partial charge is 0.280 e. The molecule has 34 heavy (non-hydrogen) atoms. The highest BCUT2D eigenvalue weighted by molar-refractivity contribution is 7.65. The van der Waals surface area contributed by atoms with Gasteiger partial charge in [-0.15, -0.1) is 0 Å². The molecule has 4 unspecified atom stereocenters. The molecule has 2 fully saturated rings. The minimum Gasteiger partial charge on any atom is -0.756 e. The zero-order valence-corrected chi connectivity index (χ0v) is 20.3. The first-order valence-corrected chi connectivity index (χ1v) is 15.0. The van der Waals surface area contributed by atoms with Crippen LogP contribution in [0.2, 0.25) is 0 Å². The van der Waals surface area contributed by atoms with E-state index in [-0.39, 0.29) is 12.8 Å². The molecule has 0 amide bonds. The number of phosphoric ester groups is 2. The van der Waals surface area contributed by atoms with E-state index in [2.05, 4.69) is 17.7 Å². The summed E-state index contributed by atoms with van der Waals surface area (Å²) >= 11 is 0. The SMILES string of the molecule is [B][C@H]1C[C@H](OP(=O)([O-])OC[C@H]2O[C@@H](CF)C[C@@H]2O)[C@@H](COP(=O)([O-])OP(=O)([O-])OP(=O)([O-])O)O1. The molecule has 23 heteroatoms. The van der Waals surface area contributed by atoms with Gasteiger partial charge in [0.05, 0.1) is 31.5 Å². The molecule has 2 saturated heterocycles. The third-order valence-electron chi connectivity index (χ3n) is 4.16. The van der Waals surface area contributed by atoms with Crippen LogP contribution in [0.3, 0.4) is 0 Å². The summed E-state index contributed by atoms with van der Waals surface area (Å²) in [5.41, 5.74) is 0. The van der Waals surface area contributed by atoms with Gasteiger partial charge in [0.25, 0.3) is 31.3 Å². The minimum atomic E-state index is -6.13. The first kappa shape index (κ1) is 30.6. The maximum atomic E-state index is 12.6. The quantitative estimate of drug-likeness (QED) is 0.164. The molecule has 0 bridgehead atoms. The Morgan fingerprint density at radius 3 is 2.06 bits per heavy atom. The lowest BCUT2D eigenvalue weighted by Gasteiger charge is -2.33. The van der Waals surface area contributed by atoms with Gasteiger partial charge < -0.3 is 52.6 Å². The van der Waals surface area contributed by atoms with Gasteiger partial charge in [0, 0.05) is 12.4 Å². The number of aliphatic hydroxyl groups excluding tert-OH is 1. The van der Waals surface area contributed by atoms with Crippen molar-refractivity contribution in [3.8, 4) is 0 Å². The molecule has 0 spiro atoms. The average Bonchev–Trinajstić information content (AvgIpc) is 3.16. The van der Waals surface area contributed by atoms with Gasteiger partial charge in [-0.2, -0.15) is 0 Å². The molecule has 0 aromatic rings. The third-order valence-corrected chi connectivity index (χ3v) is 8.85. The third kappa shape index (κ3) is 10.4. The maximum absolute atomic E-state index is 12.6. The van der Waals surface area contributed by atoms with Gasteiger partial charge >= 0.3 is 0 Å². The number of hydrogen-bond donors (Lipinski definition) is 2. The molecule has 2 aliphatic rings. The van der Waals surface area contributed by atoms with Crippen LogP contribution in [0.5, 0.6) is 0 Å². The van der Waals surface area contributed by atoms with Crippen LogP contribution in [0.25, 0.3) is 0 Å². The Hall–Kier alpha value is 0.395. The van der Waals surface area contributed by atoms with Crippen LogP contribution in [0.1, 0.15) is 12.8 Å². The normalized spacial score (nSPS) is 36.9. The Bertz CT molecular complexity index is 886. The Kier molecular flexibility index (Phi) is 10.7. The van der Waals surface area contributed by atoms with E-state index in [4.69, 9.17) is 26.7 Å². The predicted octanol–water partition coefficient (Wildman–Crippen LogP) is -2.92. The summed E-state index contributed by atoms with van der Waals surface area (Å²) in [4.78, 5) is 53.6. The van der Waals surface area contributed by atoms with Crippen molar-refractivity contribution in [2.45, 2.75) is 49.4 Å². The van der Waals surface area contributed by atoms with E-state index in [0.29, 0.717) is 0 Å². The van der Waals surface area contributed by atoms with Gasteiger partial charge in [-0.25, -0.2) is 13.0 Å². The zero-order valence-electron chi connectivity index (χ0n) is 16.8. The maximum Gasteiger partial charge on any atom is 0.280 e. The highest BCUT2D eigenvalue weighted by atomic mass is 31.3. The lowest BCUT2D eigenvalue weighted by molar-refractivity contribution is -0.250. The Balaban J connectivity index is 1.91. The largest absolute Gasteiger partial charge is 0.756 e. The number of halogens is 1. The lowest BCUT2D eigenvalue weighted by Crippen LogP contribution is -2.32. The van der Waals surface area contributed by atoms with E-state index in [9.17, 15) is 47.3 Å². The van der Waals surface area contributed by atoms with E-state index in [1.807, 2.05) is 0 Å². The number of aliphatic hydroxyl groups is 1. The number of alkyl halides is 1. The topological polar surface area (TPSA) is 266 Å². The molecule has 2 rings (SSSR count). The molecule has 0 aromatic heterocycles. The fraction of sp³-hybridized carbons (Fsp3) is 1.00. The summed E-state index contributed by atoms with van der Waals surface area (Å²) in [6, 6.07) is -1.18. The molecule has 0 aromatic carbocycles. The van der Waals surface area contributed by atoms with E-state index in [1.54, 1.807) is 0 Å². The van der Waals surface area contributed by atoms with Crippen molar-refractivity contribution in [1.29, 1.82) is 0 Å². The van der Waals surface area contributed by atoms with Crippen molar-refractivity contribution in [2.24, 2.45) is 0 Å². The molecule has 2 N–H and O–H groups in total. The van der Waals surface area contributed by atoms with Gasteiger partial charge in [-0.05, 0) is 6.42 Å². The second-order valence-corrected chi connectivity index (χ2v) is 12.6. The second kappa shape index (κ2) is 11.8. The molecule has 2 heterocycles. The summed E-state index contributed by atoms with van der Waals surface area (Å²) < 4.78 is 88.1. The van der Waals surface area contributed by atoms with Crippen molar-refractivity contribution in [3.05, 3.63) is 0 Å². The molecular formula is C11H18BFO17P4-4. The highest BCUT2D eigenvalue weighted by Crippen LogP contribution is 2.61. The van der Waals surface area contributed by atoms with Crippen LogP contribution in [-0.4, -0.2) is 74.3 Å². The van der Waals surface area contributed by atoms with Crippen LogP contribution in [0, 0.1) is 0 Å². The first-order valence-electron chi connectivity index (χ1n) is 9.08. The Labute approximate surface area is 192 Å². The second-order valence-electron chi connectivity index (χ2n) is 6.91. The lowest BCUT2D eigenvalue weighted by atomic mass is 9.96. The molecule has 198 valence electrons. The fourth-order valence-corrected chi connectivity index (χ4v) is 6.72. The summed E-state index contributed by atoms with van der Waals surface area (Å²) in [7, 11) is -17.6. The predicted molar refractivity (Wildman–Crippen MR) is 95.9 cm³/mol. The molecule has 2 aliphatic heterocycles. The number of hydrogen-bond acceptors (Lipinski definition) is 16. The van der Waals surface area contributed by atoms with Gasteiger partial charge in [-0.1, -0.05) is 0 Å². The van der Waals surface area contributed by atoms with Crippen molar-refractivity contribution < 1.29 is 83.9 Å². The van der Waals surface area contributed by atoms with Crippen LogP contribution >= 0.6 is 31.3 Å². The number of rotatable bonds is 13. The zero-order chi connectivity index (χ0) is 25.9. The Morgan fingerprint density at radius 1 is 0.912 bits per heavy atom. The fourth-order valence-electron chi connectivity index (χ4n) is 2.88. The van der Waals surface area contributed by atoms with Crippen molar-refractivity contribution in [2.75, 3.05) is 19.9 Å². The van der Waals surface area contributed by atoms with Gasteiger partial charge in [0.2, 0.25) is 0 Å². The summed E-state index contributed by atoms with van der Waals surface area (Å²) in [5, 5.41) is 9.71. The summed E-state index contributed by atoms with van der Waals surface area (Å²) in [6.45, 7) is -2.75. The van der Waals surface area contributed by atoms with E-state index < -0.39 is 87.7 Å². The Morgan fingerprint density at radius 2 is 1.50 bits per heavy atom. The van der Waals surface area contributed by atoms with E-state index >= 15 is 0 Å². The average molecular weight is 576 g/mol. The minimum absolute atomic E-state index is 0.0808. The van der Waals surface area contributed by atoms with Gasteiger partial charge in [-0.3, -0.25) is 18.3 Å². The molecule has 10 atom stereocenters. The summed E-state index contributed by atoms with van der Waals surface area (Å²) in [5.74, 6) is 0.